The number of aromatic nitrogens is 2. The van der Waals surface area contributed by atoms with E-state index in [9.17, 15) is 24.5 Å². The summed E-state index contributed by atoms with van der Waals surface area (Å²) in [6.45, 7) is 5.31. The SMILES string of the molecule is CCC(C)NC(=O)Cn1c(=O)n(-c2cccc([N+](=O)[O-])c2)c(=O)c2cc(C)ccc21. The van der Waals surface area contributed by atoms with Crippen LogP contribution in [0.15, 0.2) is 52.1 Å². The number of benzene rings is 2. The second kappa shape index (κ2) is 8.32. The van der Waals surface area contributed by atoms with Crippen LogP contribution in [0.1, 0.15) is 25.8 Å². The number of carbonyl (C=O) groups is 1. The number of nitro benzene ring substituents is 1. The van der Waals surface area contributed by atoms with Crippen molar-refractivity contribution in [2.45, 2.75) is 39.8 Å². The highest BCUT2D eigenvalue weighted by atomic mass is 16.6. The zero-order chi connectivity index (χ0) is 22.0. The van der Waals surface area contributed by atoms with Crippen molar-refractivity contribution in [2.75, 3.05) is 0 Å². The average molecular weight is 410 g/mol. The van der Waals surface area contributed by atoms with Crippen LogP contribution in [0.4, 0.5) is 5.69 Å². The largest absolute Gasteiger partial charge is 0.352 e. The maximum absolute atomic E-state index is 13.2. The van der Waals surface area contributed by atoms with Crippen LogP contribution in [0.25, 0.3) is 16.6 Å². The topological polar surface area (TPSA) is 116 Å². The lowest BCUT2D eigenvalue weighted by Gasteiger charge is -2.16. The summed E-state index contributed by atoms with van der Waals surface area (Å²) < 4.78 is 2.08. The third kappa shape index (κ3) is 4.00. The minimum absolute atomic E-state index is 0.0654. The Labute approximate surface area is 171 Å². The normalized spacial score (nSPS) is 12.0. The van der Waals surface area contributed by atoms with Crippen molar-refractivity contribution in [3.05, 3.63) is 79.0 Å². The molecule has 0 radical (unpaired) electrons. The van der Waals surface area contributed by atoms with E-state index in [0.717, 1.165) is 22.6 Å². The van der Waals surface area contributed by atoms with Crippen LogP contribution < -0.4 is 16.6 Å². The molecule has 0 fully saturated rings. The van der Waals surface area contributed by atoms with Gasteiger partial charge in [0.15, 0.2) is 0 Å². The van der Waals surface area contributed by atoms with Crippen LogP contribution in [0.2, 0.25) is 0 Å². The summed E-state index contributed by atoms with van der Waals surface area (Å²) in [4.78, 5) is 49.4. The van der Waals surface area contributed by atoms with E-state index in [1.165, 1.54) is 22.8 Å². The molecule has 0 aliphatic heterocycles. The Morgan fingerprint density at radius 2 is 1.93 bits per heavy atom. The molecule has 1 aromatic heterocycles. The number of nitro groups is 1. The number of fused-ring (bicyclic) bond motifs is 1. The Morgan fingerprint density at radius 3 is 2.60 bits per heavy atom. The third-order valence-electron chi connectivity index (χ3n) is 4.92. The summed E-state index contributed by atoms with van der Waals surface area (Å²) in [6, 6.07) is 10.2. The molecule has 0 aliphatic carbocycles. The molecule has 0 aliphatic rings. The molecule has 0 saturated carbocycles. The van der Waals surface area contributed by atoms with Gasteiger partial charge in [0.1, 0.15) is 6.54 Å². The highest BCUT2D eigenvalue weighted by Gasteiger charge is 2.18. The van der Waals surface area contributed by atoms with E-state index in [1.807, 2.05) is 20.8 Å². The first-order chi connectivity index (χ1) is 14.2. The Morgan fingerprint density at radius 1 is 1.20 bits per heavy atom. The molecule has 1 atom stereocenters. The molecule has 9 nitrogen and oxygen atoms in total. The molecular weight excluding hydrogens is 388 g/mol. The summed E-state index contributed by atoms with van der Waals surface area (Å²) in [5.74, 6) is -0.363. The van der Waals surface area contributed by atoms with Gasteiger partial charge in [0.2, 0.25) is 5.91 Å². The standard InChI is InChI=1S/C21H22N4O5/c1-4-14(3)22-19(26)12-23-18-9-8-13(2)10-17(18)20(27)24(21(23)28)15-6-5-7-16(11-15)25(29)30/h5-11,14H,4,12H2,1-3H3,(H,22,26). The number of carbonyl (C=O) groups excluding carboxylic acids is 1. The molecule has 1 amide bonds. The van der Waals surface area contributed by atoms with Gasteiger partial charge in [-0.05, 0) is 38.5 Å². The van der Waals surface area contributed by atoms with Crippen molar-refractivity contribution in [3.8, 4) is 5.69 Å². The summed E-state index contributed by atoms with van der Waals surface area (Å²) in [5, 5.41) is 14.2. The van der Waals surface area contributed by atoms with Crippen LogP contribution >= 0.6 is 0 Å². The highest BCUT2D eigenvalue weighted by molar-refractivity contribution is 5.82. The van der Waals surface area contributed by atoms with Crippen molar-refractivity contribution >= 4 is 22.5 Å². The third-order valence-corrected chi connectivity index (χ3v) is 4.92. The van der Waals surface area contributed by atoms with Gasteiger partial charge >= 0.3 is 5.69 Å². The van der Waals surface area contributed by atoms with Crippen LogP contribution in [0, 0.1) is 17.0 Å². The maximum atomic E-state index is 13.2. The smallest absolute Gasteiger partial charge is 0.336 e. The van der Waals surface area contributed by atoms with Gasteiger partial charge in [0.25, 0.3) is 11.2 Å². The fourth-order valence-electron chi connectivity index (χ4n) is 3.18. The number of nitrogens with one attached hydrogen (secondary N) is 1. The Kier molecular flexibility index (Phi) is 5.81. The van der Waals surface area contributed by atoms with Crippen LogP contribution in [0.5, 0.6) is 0 Å². The molecule has 3 aromatic rings. The molecule has 0 spiro atoms. The number of aryl methyl sites for hydroxylation is 1. The van der Waals surface area contributed by atoms with E-state index in [0.29, 0.717) is 5.52 Å². The minimum atomic E-state index is -0.740. The maximum Gasteiger partial charge on any atom is 0.336 e. The lowest BCUT2D eigenvalue weighted by atomic mass is 10.1. The van der Waals surface area contributed by atoms with Crippen molar-refractivity contribution in [2.24, 2.45) is 0 Å². The summed E-state index contributed by atoms with van der Waals surface area (Å²) in [6.07, 6.45) is 0.730. The second-order valence-electron chi connectivity index (χ2n) is 7.18. The van der Waals surface area contributed by atoms with Gasteiger partial charge in [-0.2, -0.15) is 0 Å². The number of non-ortho nitro benzene ring substituents is 1. The van der Waals surface area contributed by atoms with E-state index >= 15 is 0 Å². The van der Waals surface area contributed by atoms with Gasteiger partial charge in [-0.15, -0.1) is 0 Å². The van der Waals surface area contributed by atoms with E-state index in [1.54, 1.807) is 18.2 Å². The first-order valence-electron chi connectivity index (χ1n) is 9.53. The molecule has 0 bridgehead atoms. The van der Waals surface area contributed by atoms with Crippen LogP contribution in [-0.4, -0.2) is 26.0 Å². The highest BCUT2D eigenvalue weighted by Crippen LogP contribution is 2.16. The number of nitrogens with zero attached hydrogens (tertiary/aromatic N) is 3. The minimum Gasteiger partial charge on any atom is -0.352 e. The molecule has 1 N–H and O–H groups in total. The number of hydrogen-bond acceptors (Lipinski definition) is 5. The Hall–Kier alpha value is -3.75. The van der Waals surface area contributed by atoms with Gasteiger partial charge in [0.05, 0.1) is 21.5 Å². The molecule has 30 heavy (non-hydrogen) atoms. The molecule has 2 aromatic carbocycles. The number of amides is 1. The van der Waals surface area contributed by atoms with Gasteiger partial charge < -0.3 is 5.32 Å². The Balaban J connectivity index is 2.27. The predicted octanol–water partition coefficient (Wildman–Crippen LogP) is 2.28. The zero-order valence-electron chi connectivity index (χ0n) is 16.9. The lowest BCUT2D eigenvalue weighted by molar-refractivity contribution is -0.384. The van der Waals surface area contributed by atoms with Gasteiger partial charge in [-0.3, -0.25) is 24.3 Å². The van der Waals surface area contributed by atoms with Crippen molar-refractivity contribution in [1.82, 2.24) is 14.5 Å². The fraction of sp³-hybridized carbons (Fsp3) is 0.286. The molecular formula is C21H22N4O5. The van der Waals surface area contributed by atoms with Crippen molar-refractivity contribution in [1.29, 1.82) is 0 Å². The Bertz CT molecular complexity index is 1260. The quantitative estimate of drug-likeness (QED) is 0.494. The summed E-state index contributed by atoms with van der Waals surface area (Å²) in [5.41, 5.74) is -0.382. The first-order valence-corrected chi connectivity index (χ1v) is 9.53. The van der Waals surface area contributed by atoms with Crippen molar-refractivity contribution in [3.63, 3.8) is 0 Å². The molecule has 156 valence electrons. The lowest BCUT2D eigenvalue weighted by Crippen LogP contribution is -2.43. The van der Waals surface area contributed by atoms with E-state index in [4.69, 9.17) is 0 Å². The molecule has 1 heterocycles. The summed E-state index contributed by atoms with van der Waals surface area (Å²) in [7, 11) is 0. The van der Waals surface area contributed by atoms with Crippen LogP contribution in [0.3, 0.4) is 0 Å². The number of rotatable bonds is 6. The number of hydrogen-bond donors (Lipinski definition) is 1. The van der Waals surface area contributed by atoms with Gasteiger partial charge in [-0.25, -0.2) is 9.36 Å². The molecule has 9 heteroatoms. The van der Waals surface area contributed by atoms with Gasteiger partial charge in [0, 0.05) is 18.2 Å². The summed E-state index contributed by atoms with van der Waals surface area (Å²) >= 11 is 0. The predicted molar refractivity (Wildman–Crippen MR) is 113 cm³/mol. The van der Waals surface area contributed by atoms with Crippen molar-refractivity contribution < 1.29 is 9.72 Å². The average Bonchev–Trinajstić information content (AvgIpc) is 2.71. The van der Waals surface area contributed by atoms with E-state index < -0.39 is 16.2 Å². The second-order valence-corrected chi connectivity index (χ2v) is 7.18. The van der Waals surface area contributed by atoms with E-state index in [-0.39, 0.29) is 35.3 Å². The van der Waals surface area contributed by atoms with Gasteiger partial charge in [-0.1, -0.05) is 24.6 Å². The van der Waals surface area contributed by atoms with Crippen LogP contribution in [-0.2, 0) is 11.3 Å². The van der Waals surface area contributed by atoms with E-state index in [2.05, 4.69) is 5.32 Å². The molecule has 3 rings (SSSR count). The first kappa shape index (κ1) is 21.0. The molecule has 0 saturated heterocycles. The fourth-order valence-corrected chi connectivity index (χ4v) is 3.18. The monoisotopic (exact) mass is 410 g/mol. The molecule has 1 unspecified atom stereocenters. The zero-order valence-corrected chi connectivity index (χ0v) is 16.9.